The van der Waals surface area contributed by atoms with Gasteiger partial charge in [-0.05, 0) is 75.6 Å². The first-order valence-electron chi connectivity index (χ1n) is 8.15. The van der Waals surface area contributed by atoms with E-state index in [4.69, 9.17) is 11.6 Å². The molecule has 2 heterocycles. The van der Waals surface area contributed by atoms with E-state index in [1.165, 1.54) is 25.9 Å². The van der Waals surface area contributed by atoms with Crippen LogP contribution in [0.2, 0.25) is 5.15 Å². The number of hydrogen-bond donors (Lipinski definition) is 1. The molecule has 1 aromatic carbocycles. The van der Waals surface area contributed by atoms with Gasteiger partial charge in [0.15, 0.2) is 0 Å². The Hall–Kier alpha value is -1.65. The van der Waals surface area contributed by atoms with Crippen LogP contribution in [0.4, 0.5) is 0 Å². The van der Waals surface area contributed by atoms with Gasteiger partial charge in [0.1, 0.15) is 5.15 Å². The largest absolute Gasteiger partial charge is 0.352 e. The summed E-state index contributed by atoms with van der Waals surface area (Å²) < 4.78 is 0. The molecule has 5 heteroatoms. The summed E-state index contributed by atoms with van der Waals surface area (Å²) in [6.07, 6.45) is 3.52. The second-order valence-electron chi connectivity index (χ2n) is 6.33. The highest BCUT2D eigenvalue weighted by atomic mass is 35.5. The number of halogens is 1. The van der Waals surface area contributed by atoms with Crippen molar-refractivity contribution in [3.05, 3.63) is 41.0 Å². The van der Waals surface area contributed by atoms with Gasteiger partial charge in [-0.15, -0.1) is 0 Å². The number of fused-ring (bicyclic) bond motifs is 1. The predicted molar refractivity (Wildman–Crippen MR) is 93.9 cm³/mol. The summed E-state index contributed by atoms with van der Waals surface area (Å²) >= 11 is 5.88. The maximum absolute atomic E-state index is 12.3. The number of nitrogens with one attached hydrogen (secondary N) is 1. The van der Waals surface area contributed by atoms with E-state index in [-0.39, 0.29) is 5.91 Å². The molecular formula is C18H22ClN3O. The van der Waals surface area contributed by atoms with E-state index in [2.05, 4.69) is 22.2 Å². The zero-order chi connectivity index (χ0) is 16.2. The first-order valence-corrected chi connectivity index (χ1v) is 8.52. The number of piperidine rings is 1. The molecule has 0 atom stereocenters. The molecule has 3 rings (SSSR count). The highest BCUT2D eigenvalue weighted by Gasteiger charge is 2.16. The van der Waals surface area contributed by atoms with Gasteiger partial charge in [0.2, 0.25) is 0 Å². The third-order valence-corrected chi connectivity index (χ3v) is 4.80. The van der Waals surface area contributed by atoms with E-state index in [0.29, 0.717) is 10.7 Å². The van der Waals surface area contributed by atoms with Gasteiger partial charge in [0.05, 0.1) is 5.52 Å². The molecule has 1 aliphatic rings. The Labute approximate surface area is 141 Å². The molecule has 1 amide bonds. The number of pyridine rings is 1. The molecule has 2 aromatic rings. The minimum atomic E-state index is -0.0187. The Morgan fingerprint density at radius 1 is 1.30 bits per heavy atom. The lowest BCUT2D eigenvalue weighted by atomic mass is 9.94. The van der Waals surface area contributed by atoms with Crippen molar-refractivity contribution < 1.29 is 4.79 Å². The second-order valence-corrected chi connectivity index (χ2v) is 6.72. The summed E-state index contributed by atoms with van der Waals surface area (Å²) in [5.41, 5.74) is 1.48. The van der Waals surface area contributed by atoms with Crippen molar-refractivity contribution in [2.75, 3.05) is 26.7 Å². The Balaban J connectivity index is 1.55. The van der Waals surface area contributed by atoms with Gasteiger partial charge in [-0.25, -0.2) is 4.98 Å². The minimum Gasteiger partial charge on any atom is -0.352 e. The maximum Gasteiger partial charge on any atom is 0.251 e. The molecule has 4 nitrogen and oxygen atoms in total. The molecule has 1 N–H and O–H groups in total. The van der Waals surface area contributed by atoms with Crippen LogP contribution < -0.4 is 5.32 Å². The van der Waals surface area contributed by atoms with E-state index < -0.39 is 0 Å². The summed E-state index contributed by atoms with van der Waals surface area (Å²) in [5.74, 6) is 0.712. The molecule has 1 aliphatic heterocycles. The summed E-state index contributed by atoms with van der Waals surface area (Å²) in [6, 6.07) is 9.14. The number of nitrogens with zero attached hydrogens (tertiary/aromatic N) is 2. The standard InChI is InChI=1S/C18H22ClN3O/c1-22-10-7-13(8-11-22)6-9-20-18(23)15-2-4-16-14(12-15)3-5-17(19)21-16/h2-5,12-13H,6-11H2,1H3,(H,20,23). The van der Waals surface area contributed by atoms with Crippen molar-refractivity contribution in [2.45, 2.75) is 19.3 Å². The number of carbonyl (C=O) groups excluding carboxylic acids is 1. The van der Waals surface area contributed by atoms with E-state index in [9.17, 15) is 4.79 Å². The fourth-order valence-corrected chi connectivity index (χ4v) is 3.24. The van der Waals surface area contributed by atoms with Gasteiger partial charge in [-0.3, -0.25) is 4.79 Å². The lowest BCUT2D eigenvalue weighted by molar-refractivity contribution is 0.0949. The Morgan fingerprint density at radius 3 is 2.87 bits per heavy atom. The molecule has 0 bridgehead atoms. The van der Waals surface area contributed by atoms with Crippen molar-refractivity contribution in [3.8, 4) is 0 Å². The summed E-state index contributed by atoms with van der Waals surface area (Å²) in [5, 5.41) is 4.43. The van der Waals surface area contributed by atoms with Crippen molar-refractivity contribution in [1.29, 1.82) is 0 Å². The first-order chi connectivity index (χ1) is 11.1. The van der Waals surface area contributed by atoms with Gasteiger partial charge in [-0.2, -0.15) is 0 Å². The normalized spacial score (nSPS) is 16.6. The Kier molecular flexibility index (Phi) is 5.13. The first kappa shape index (κ1) is 16.2. The molecule has 0 radical (unpaired) electrons. The number of hydrogen-bond acceptors (Lipinski definition) is 3. The topological polar surface area (TPSA) is 45.2 Å². The summed E-state index contributed by atoms with van der Waals surface area (Å²) in [7, 11) is 2.17. The Morgan fingerprint density at radius 2 is 2.09 bits per heavy atom. The number of benzene rings is 1. The van der Waals surface area contributed by atoms with Crippen LogP contribution in [-0.2, 0) is 0 Å². The smallest absolute Gasteiger partial charge is 0.251 e. The van der Waals surface area contributed by atoms with Crippen LogP contribution in [0.5, 0.6) is 0 Å². The number of carbonyl (C=O) groups is 1. The van der Waals surface area contributed by atoms with Crippen molar-refractivity contribution in [2.24, 2.45) is 5.92 Å². The predicted octanol–water partition coefficient (Wildman–Crippen LogP) is 3.35. The fraction of sp³-hybridized carbons (Fsp3) is 0.444. The average Bonchev–Trinajstić information content (AvgIpc) is 2.56. The third-order valence-electron chi connectivity index (χ3n) is 4.59. The van der Waals surface area contributed by atoms with E-state index in [1.807, 2.05) is 18.2 Å². The number of amides is 1. The van der Waals surface area contributed by atoms with E-state index >= 15 is 0 Å². The molecule has 1 saturated heterocycles. The third kappa shape index (κ3) is 4.21. The van der Waals surface area contributed by atoms with Crippen molar-refractivity contribution in [1.82, 2.24) is 15.2 Å². The van der Waals surface area contributed by atoms with Gasteiger partial charge >= 0.3 is 0 Å². The lowest BCUT2D eigenvalue weighted by Crippen LogP contribution is -2.32. The zero-order valence-electron chi connectivity index (χ0n) is 13.4. The van der Waals surface area contributed by atoms with E-state index in [0.717, 1.165) is 29.8 Å². The monoisotopic (exact) mass is 331 g/mol. The molecule has 0 spiro atoms. The molecule has 1 aromatic heterocycles. The number of likely N-dealkylation sites (tertiary alicyclic amines) is 1. The van der Waals surface area contributed by atoms with Crippen LogP contribution >= 0.6 is 11.6 Å². The molecule has 0 unspecified atom stereocenters. The van der Waals surface area contributed by atoms with Gasteiger partial charge < -0.3 is 10.2 Å². The number of rotatable bonds is 4. The summed E-state index contributed by atoms with van der Waals surface area (Å²) in [4.78, 5) is 18.9. The second kappa shape index (κ2) is 7.28. The van der Waals surface area contributed by atoms with Crippen LogP contribution in [0.15, 0.2) is 30.3 Å². The zero-order valence-corrected chi connectivity index (χ0v) is 14.1. The maximum atomic E-state index is 12.3. The highest BCUT2D eigenvalue weighted by Crippen LogP contribution is 2.19. The van der Waals surface area contributed by atoms with Crippen molar-refractivity contribution in [3.63, 3.8) is 0 Å². The van der Waals surface area contributed by atoms with Crippen LogP contribution in [0.25, 0.3) is 10.9 Å². The average molecular weight is 332 g/mol. The number of aromatic nitrogens is 1. The molecule has 23 heavy (non-hydrogen) atoms. The molecule has 0 saturated carbocycles. The molecular weight excluding hydrogens is 310 g/mol. The SMILES string of the molecule is CN1CCC(CCNC(=O)c2ccc3nc(Cl)ccc3c2)CC1. The van der Waals surface area contributed by atoms with E-state index in [1.54, 1.807) is 12.1 Å². The lowest BCUT2D eigenvalue weighted by Gasteiger charge is -2.28. The van der Waals surface area contributed by atoms with Gasteiger partial charge in [0, 0.05) is 17.5 Å². The van der Waals surface area contributed by atoms with Crippen LogP contribution in [0, 0.1) is 5.92 Å². The molecule has 0 aliphatic carbocycles. The summed E-state index contributed by atoms with van der Waals surface area (Å²) in [6.45, 7) is 3.07. The van der Waals surface area contributed by atoms with Crippen LogP contribution in [0.3, 0.4) is 0 Å². The van der Waals surface area contributed by atoms with Crippen molar-refractivity contribution >= 4 is 28.4 Å². The highest BCUT2D eigenvalue weighted by molar-refractivity contribution is 6.29. The van der Waals surface area contributed by atoms with Gasteiger partial charge in [0.25, 0.3) is 5.91 Å². The van der Waals surface area contributed by atoms with Crippen LogP contribution in [0.1, 0.15) is 29.6 Å². The Bertz CT molecular complexity index is 696. The molecule has 122 valence electrons. The quantitative estimate of drug-likeness (QED) is 0.874. The fourth-order valence-electron chi connectivity index (χ4n) is 3.08. The minimum absolute atomic E-state index is 0.0187. The molecule has 1 fully saturated rings. The van der Waals surface area contributed by atoms with Crippen LogP contribution in [-0.4, -0.2) is 42.5 Å². The van der Waals surface area contributed by atoms with Gasteiger partial charge in [-0.1, -0.05) is 11.6 Å².